The Morgan fingerprint density at radius 1 is 1.20 bits per heavy atom. The van der Waals surface area contributed by atoms with Crippen LogP contribution in [0, 0.1) is 0 Å². The van der Waals surface area contributed by atoms with Crippen LogP contribution in [0.2, 0.25) is 0 Å². The largest absolute Gasteiger partial charge is 0.505 e. The fourth-order valence-electron chi connectivity index (χ4n) is 3.42. The maximum absolute atomic E-state index is 5.27. The second-order valence-electron chi connectivity index (χ2n) is 6.34. The van der Waals surface area contributed by atoms with Crippen molar-refractivity contribution < 1.29 is 9.47 Å². The number of ether oxygens (including phenoxy) is 2. The van der Waals surface area contributed by atoms with Gasteiger partial charge in [-0.1, -0.05) is 18.2 Å². The third-order valence-electron chi connectivity index (χ3n) is 4.74. The zero-order valence-electron chi connectivity index (χ0n) is 15.0. The van der Waals surface area contributed by atoms with Gasteiger partial charge in [-0.25, -0.2) is 4.98 Å². The number of anilines is 1. The molecule has 0 fully saturated rings. The number of rotatable bonds is 7. The summed E-state index contributed by atoms with van der Waals surface area (Å²) in [6, 6.07) is 13.0. The smallest absolute Gasteiger partial charge is 0.132 e. The van der Waals surface area contributed by atoms with Crippen LogP contribution in [0.1, 0.15) is 30.4 Å². The van der Waals surface area contributed by atoms with E-state index in [1.807, 2.05) is 24.4 Å². The minimum Gasteiger partial charge on any atom is -0.505 e. The molecule has 0 spiro atoms. The molecular weight excluding hydrogens is 312 g/mol. The van der Waals surface area contributed by atoms with E-state index in [9.17, 15) is 0 Å². The van der Waals surface area contributed by atoms with E-state index in [2.05, 4.69) is 34.2 Å². The van der Waals surface area contributed by atoms with Gasteiger partial charge < -0.3 is 14.4 Å². The third-order valence-corrected chi connectivity index (χ3v) is 4.74. The second kappa shape index (κ2) is 8.56. The van der Waals surface area contributed by atoms with Crippen LogP contribution in [-0.4, -0.2) is 25.2 Å². The average Bonchev–Trinajstić information content (AvgIpc) is 2.67. The number of nitrogens with zero attached hydrogens (tertiary/aromatic N) is 2. The van der Waals surface area contributed by atoms with Crippen LogP contribution in [0.3, 0.4) is 0 Å². The molecule has 0 unspecified atom stereocenters. The molecule has 1 aromatic carbocycles. The van der Waals surface area contributed by atoms with Gasteiger partial charge in [-0.3, -0.25) is 0 Å². The highest BCUT2D eigenvalue weighted by Crippen LogP contribution is 2.32. The molecule has 25 heavy (non-hydrogen) atoms. The van der Waals surface area contributed by atoms with Crippen molar-refractivity contribution in [2.75, 3.05) is 19.1 Å². The van der Waals surface area contributed by atoms with Crippen LogP contribution in [0.4, 0.5) is 5.82 Å². The highest BCUT2D eigenvalue weighted by Gasteiger charge is 2.26. The number of methoxy groups -OCH3 is 2. The van der Waals surface area contributed by atoms with Crippen molar-refractivity contribution in [2.45, 2.75) is 38.3 Å². The lowest BCUT2D eigenvalue weighted by atomic mass is 9.94. The number of pyridine rings is 1. The summed E-state index contributed by atoms with van der Waals surface area (Å²) < 4.78 is 10.3. The normalized spacial score (nSPS) is 16.7. The molecule has 1 aromatic heterocycles. The number of aromatic nitrogens is 1. The molecule has 0 amide bonds. The fourth-order valence-corrected chi connectivity index (χ4v) is 3.42. The summed E-state index contributed by atoms with van der Waals surface area (Å²) in [6.07, 6.45) is 10.1. The molecule has 0 N–H and O–H groups in total. The molecule has 2 heterocycles. The standard InChI is InChI=1S/C21H26N2O2/c1-24-15-4-3-7-19-11-10-18-6-5-14-22-21(18)23(19)16-17-8-12-20(25-2)13-9-17/h4-6,8-9,12-15,19H,3,7,10-11,16H2,1-2H3/t19-/m1/s1. The first-order chi connectivity index (χ1) is 12.3. The Balaban J connectivity index is 1.79. The molecule has 1 aliphatic heterocycles. The van der Waals surface area contributed by atoms with Gasteiger partial charge in [0.05, 0.1) is 20.5 Å². The summed E-state index contributed by atoms with van der Waals surface area (Å²) in [5, 5.41) is 0. The van der Waals surface area contributed by atoms with E-state index in [-0.39, 0.29) is 0 Å². The van der Waals surface area contributed by atoms with Gasteiger partial charge >= 0.3 is 0 Å². The Morgan fingerprint density at radius 3 is 2.80 bits per heavy atom. The fraction of sp³-hybridized carbons (Fsp3) is 0.381. The van der Waals surface area contributed by atoms with Crippen molar-refractivity contribution >= 4 is 5.82 Å². The van der Waals surface area contributed by atoms with E-state index in [0.29, 0.717) is 6.04 Å². The van der Waals surface area contributed by atoms with E-state index in [4.69, 9.17) is 9.47 Å². The van der Waals surface area contributed by atoms with E-state index >= 15 is 0 Å². The van der Waals surface area contributed by atoms with Crippen LogP contribution in [0.5, 0.6) is 5.75 Å². The lowest BCUT2D eigenvalue weighted by Gasteiger charge is -2.38. The van der Waals surface area contributed by atoms with E-state index in [0.717, 1.165) is 43.8 Å². The van der Waals surface area contributed by atoms with Crippen molar-refractivity contribution in [3.63, 3.8) is 0 Å². The molecule has 0 bridgehead atoms. The summed E-state index contributed by atoms with van der Waals surface area (Å²) in [7, 11) is 3.39. The molecule has 0 aliphatic carbocycles. The second-order valence-corrected chi connectivity index (χ2v) is 6.34. The number of benzene rings is 1. The Kier molecular flexibility index (Phi) is 5.94. The van der Waals surface area contributed by atoms with E-state index in [1.165, 1.54) is 11.1 Å². The Labute approximate surface area is 150 Å². The molecule has 4 nitrogen and oxygen atoms in total. The molecule has 0 saturated carbocycles. The number of aryl methyl sites for hydroxylation is 1. The third kappa shape index (κ3) is 4.32. The molecule has 2 aromatic rings. The maximum Gasteiger partial charge on any atom is 0.132 e. The molecule has 0 saturated heterocycles. The molecule has 4 heteroatoms. The van der Waals surface area contributed by atoms with Crippen LogP contribution >= 0.6 is 0 Å². The van der Waals surface area contributed by atoms with Crippen molar-refractivity contribution in [2.24, 2.45) is 0 Å². The zero-order chi connectivity index (χ0) is 17.5. The van der Waals surface area contributed by atoms with Gasteiger partial charge in [0.2, 0.25) is 0 Å². The van der Waals surface area contributed by atoms with Crippen LogP contribution in [-0.2, 0) is 17.7 Å². The number of allylic oxidation sites excluding steroid dienone is 1. The highest BCUT2D eigenvalue weighted by molar-refractivity contribution is 5.51. The first kappa shape index (κ1) is 17.3. The summed E-state index contributed by atoms with van der Waals surface area (Å²) in [5.74, 6) is 2.02. The predicted molar refractivity (Wildman–Crippen MR) is 101 cm³/mol. The maximum atomic E-state index is 5.27. The van der Waals surface area contributed by atoms with Gasteiger partial charge in [-0.05, 0) is 61.1 Å². The number of hydrogen-bond acceptors (Lipinski definition) is 4. The van der Waals surface area contributed by atoms with Crippen LogP contribution in [0.15, 0.2) is 54.9 Å². The molecule has 1 atom stereocenters. The van der Waals surface area contributed by atoms with Gasteiger partial charge in [0.25, 0.3) is 0 Å². The average molecular weight is 338 g/mol. The van der Waals surface area contributed by atoms with Crippen LogP contribution < -0.4 is 9.64 Å². The van der Waals surface area contributed by atoms with E-state index < -0.39 is 0 Å². The highest BCUT2D eigenvalue weighted by atomic mass is 16.5. The summed E-state index contributed by atoms with van der Waals surface area (Å²) in [4.78, 5) is 7.14. The summed E-state index contributed by atoms with van der Waals surface area (Å²) >= 11 is 0. The number of fused-ring (bicyclic) bond motifs is 1. The van der Waals surface area contributed by atoms with Crippen molar-refractivity contribution in [1.29, 1.82) is 0 Å². The Hall–Kier alpha value is -2.49. The lowest BCUT2D eigenvalue weighted by Crippen LogP contribution is -2.39. The first-order valence-electron chi connectivity index (χ1n) is 8.83. The topological polar surface area (TPSA) is 34.6 Å². The summed E-state index contributed by atoms with van der Waals surface area (Å²) in [6.45, 7) is 0.868. The zero-order valence-corrected chi connectivity index (χ0v) is 15.0. The SMILES string of the molecule is COC=CCC[C@@H]1CCc2cccnc2N1Cc1ccc(OC)cc1. The molecule has 3 rings (SSSR count). The van der Waals surface area contributed by atoms with Crippen molar-refractivity contribution in [1.82, 2.24) is 4.98 Å². The lowest BCUT2D eigenvalue weighted by molar-refractivity contribution is 0.335. The minimum atomic E-state index is 0.492. The Bertz CT molecular complexity index is 697. The van der Waals surface area contributed by atoms with Gasteiger partial charge in [0, 0.05) is 18.8 Å². The predicted octanol–water partition coefficient (Wildman–Crippen LogP) is 4.35. The van der Waals surface area contributed by atoms with Gasteiger partial charge in [0.15, 0.2) is 0 Å². The van der Waals surface area contributed by atoms with Gasteiger partial charge in [-0.2, -0.15) is 0 Å². The minimum absolute atomic E-state index is 0.492. The number of hydrogen-bond donors (Lipinski definition) is 0. The summed E-state index contributed by atoms with van der Waals surface area (Å²) in [5.41, 5.74) is 2.62. The molecule has 0 radical (unpaired) electrons. The molecule has 1 aliphatic rings. The quantitative estimate of drug-likeness (QED) is 0.703. The first-order valence-corrected chi connectivity index (χ1v) is 8.83. The van der Waals surface area contributed by atoms with Gasteiger partial charge in [-0.15, -0.1) is 0 Å². The molecule has 132 valence electrons. The van der Waals surface area contributed by atoms with Crippen molar-refractivity contribution in [3.05, 3.63) is 66.1 Å². The van der Waals surface area contributed by atoms with Crippen LogP contribution in [0.25, 0.3) is 0 Å². The van der Waals surface area contributed by atoms with E-state index in [1.54, 1.807) is 20.5 Å². The monoisotopic (exact) mass is 338 g/mol. The molecular formula is C21H26N2O2. The van der Waals surface area contributed by atoms with Crippen molar-refractivity contribution in [3.8, 4) is 5.75 Å². The Morgan fingerprint density at radius 2 is 2.04 bits per heavy atom. The van der Waals surface area contributed by atoms with Gasteiger partial charge in [0.1, 0.15) is 11.6 Å².